The maximum Gasteiger partial charge on any atom is 0.0590 e. The van der Waals surface area contributed by atoms with E-state index in [0.717, 1.165) is 39.3 Å². The van der Waals surface area contributed by atoms with E-state index < -0.39 is 0 Å². The van der Waals surface area contributed by atoms with E-state index in [1.54, 1.807) is 7.11 Å². The van der Waals surface area contributed by atoms with E-state index in [2.05, 4.69) is 19.2 Å². The maximum absolute atomic E-state index is 5.81. The zero-order valence-electron chi connectivity index (χ0n) is 10.1. The molecule has 3 nitrogen and oxygen atoms in total. The van der Waals surface area contributed by atoms with Crippen LogP contribution in [0, 0.1) is 5.41 Å². The average Bonchev–Trinajstić information content (AvgIpc) is 2.22. The van der Waals surface area contributed by atoms with E-state index in [4.69, 9.17) is 21.1 Å². The number of nitrogens with one attached hydrogen (secondary N) is 1. The molecular weight excluding hydrogens is 214 g/mol. The molecule has 0 radical (unpaired) electrons. The lowest BCUT2D eigenvalue weighted by Crippen LogP contribution is -2.32. The summed E-state index contributed by atoms with van der Waals surface area (Å²) in [5.74, 6) is 0.675. The zero-order chi connectivity index (χ0) is 11.6. The Morgan fingerprint density at radius 2 is 1.93 bits per heavy atom. The van der Waals surface area contributed by atoms with Crippen molar-refractivity contribution in [2.45, 2.75) is 20.3 Å². The number of alkyl halides is 1. The predicted octanol–water partition coefficient (Wildman–Crippen LogP) is 1.89. The van der Waals surface area contributed by atoms with E-state index in [-0.39, 0.29) is 5.41 Å². The number of ether oxygens (including phenoxy) is 2. The third kappa shape index (κ3) is 10.5. The minimum atomic E-state index is 0.164. The first kappa shape index (κ1) is 15.2. The molecule has 1 N–H and O–H groups in total. The molecule has 0 aromatic carbocycles. The van der Waals surface area contributed by atoms with Gasteiger partial charge >= 0.3 is 0 Å². The Labute approximate surface area is 98.5 Å². The molecule has 0 fully saturated rings. The fourth-order valence-corrected chi connectivity index (χ4v) is 1.12. The molecule has 0 heterocycles. The number of halogens is 1. The summed E-state index contributed by atoms with van der Waals surface area (Å²) in [7, 11) is 1.70. The Morgan fingerprint density at radius 3 is 2.53 bits per heavy atom. The summed E-state index contributed by atoms with van der Waals surface area (Å²) in [4.78, 5) is 0. The molecule has 0 aromatic rings. The fraction of sp³-hybridized carbons (Fsp3) is 1.00. The highest BCUT2D eigenvalue weighted by molar-refractivity contribution is 6.18. The van der Waals surface area contributed by atoms with E-state index in [1.807, 2.05) is 0 Å². The van der Waals surface area contributed by atoms with Crippen molar-refractivity contribution in [1.82, 2.24) is 5.32 Å². The van der Waals surface area contributed by atoms with Crippen molar-refractivity contribution in [2.75, 3.05) is 45.9 Å². The van der Waals surface area contributed by atoms with Gasteiger partial charge in [-0.05, 0) is 11.8 Å². The Balaban J connectivity index is 3.11. The molecule has 0 saturated heterocycles. The monoisotopic (exact) mass is 237 g/mol. The lowest BCUT2D eigenvalue weighted by molar-refractivity contribution is 0.103. The van der Waals surface area contributed by atoms with Crippen molar-refractivity contribution < 1.29 is 9.47 Å². The minimum absolute atomic E-state index is 0.164. The standard InChI is InChI=1S/C11H24ClNO2/c1-11(2,9-12)10-13-5-8-15-7-4-6-14-3/h13H,4-10H2,1-3H3. The van der Waals surface area contributed by atoms with Gasteiger partial charge in [0.15, 0.2) is 0 Å². The molecule has 0 amide bonds. The van der Waals surface area contributed by atoms with Crippen molar-refractivity contribution in [1.29, 1.82) is 0 Å². The summed E-state index contributed by atoms with van der Waals surface area (Å²) < 4.78 is 10.3. The van der Waals surface area contributed by atoms with Gasteiger partial charge in [0.05, 0.1) is 6.61 Å². The van der Waals surface area contributed by atoms with Gasteiger partial charge in [-0.25, -0.2) is 0 Å². The van der Waals surface area contributed by atoms with Crippen molar-refractivity contribution in [3.05, 3.63) is 0 Å². The van der Waals surface area contributed by atoms with Crippen LogP contribution in [0.15, 0.2) is 0 Å². The highest BCUT2D eigenvalue weighted by Crippen LogP contribution is 2.14. The third-order valence-electron chi connectivity index (χ3n) is 2.03. The molecule has 15 heavy (non-hydrogen) atoms. The van der Waals surface area contributed by atoms with Crippen LogP contribution < -0.4 is 5.32 Å². The molecule has 4 heteroatoms. The molecular formula is C11H24ClNO2. The van der Waals surface area contributed by atoms with Crippen LogP contribution in [0.5, 0.6) is 0 Å². The van der Waals surface area contributed by atoms with Gasteiger partial charge in [-0.3, -0.25) is 0 Å². The summed E-state index contributed by atoms with van der Waals surface area (Å²) in [6.45, 7) is 8.40. The average molecular weight is 238 g/mol. The summed E-state index contributed by atoms with van der Waals surface area (Å²) in [6.07, 6.45) is 0.962. The number of methoxy groups -OCH3 is 1. The van der Waals surface area contributed by atoms with E-state index in [9.17, 15) is 0 Å². The quantitative estimate of drug-likeness (QED) is 0.465. The van der Waals surface area contributed by atoms with Gasteiger partial charge in [0.2, 0.25) is 0 Å². The van der Waals surface area contributed by atoms with Crippen LogP contribution in [0.25, 0.3) is 0 Å². The predicted molar refractivity (Wildman–Crippen MR) is 64.7 cm³/mol. The summed E-state index contributed by atoms with van der Waals surface area (Å²) >= 11 is 5.81. The lowest BCUT2D eigenvalue weighted by Gasteiger charge is -2.21. The van der Waals surface area contributed by atoms with Crippen LogP contribution in [0.4, 0.5) is 0 Å². The minimum Gasteiger partial charge on any atom is -0.385 e. The maximum atomic E-state index is 5.81. The molecule has 0 rings (SSSR count). The second kappa shape index (κ2) is 9.40. The van der Waals surface area contributed by atoms with Gasteiger partial charge in [0, 0.05) is 39.3 Å². The third-order valence-corrected chi connectivity index (χ3v) is 2.75. The first-order valence-corrected chi connectivity index (χ1v) is 5.99. The topological polar surface area (TPSA) is 30.5 Å². The highest BCUT2D eigenvalue weighted by atomic mass is 35.5. The second-order valence-corrected chi connectivity index (χ2v) is 4.70. The largest absolute Gasteiger partial charge is 0.385 e. The Hall–Kier alpha value is 0.170. The van der Waals surface area contributed by atoms with E-state index >= 15 is 0 Å². The Kier molecular flexibility index (Phi) is 9.51. The molecule has 0 aliphatic carbocycles. The summed E-state index contributed by atoms with van der Waals surface area (Å²) in [5.41, 5.74) is 0.164. The number of hydrogen-bond acceptors (Lipinski definition) is 3. The molecule has 0 saturated carbocycles. The number of hydrogen-bond donors (Lipinski definition) is 1. The van der Waals surface area contributed by atoms with Crippen molar-refractivity contribution >= 4 is 11.6 Å². The van der Waals surface area contributed by atoms with Crippen molar-refractivity contribution in [3.8, 4) is 0 Å². The van der Waals surface area contributed by atoms with Gasteiger partial charge in [0.25, 0.3) is 0 Å². The van der Waals surface area contributed by atoms with Gasteiger partial charge in [0.1, 0.15) is 0 Å². The van der Waals surface area contributed by atoms with E-state index in [0.29, 0.717) is 5.88 Å². The van der Waals surface area contributed by atoms with Crippen LogP contribution >= 0.6 is 11.6 Å². The summed E-state index contributed by atoms with van der Waals surface area (Å²) in [6, 6.07) is 0. The van der Waals surface area contributed by atoms with Gasteiger partial charge in [-0.2, -0.15) is 0 Å². The van der Waals surface area contributed by atoms with Gasteiger partial charge < -0.3 is 14.8 Å². The van der Waals surface area contributed by atoms with Gasteiger partial charge in [-0.1, -0.05) is 13.8 Å². The molecule has 0 unspecified atom stereocenters. The van der Waals surface area contributed by atoms with Crippen LogP contribution in [-0.4, -0.2) is 45.9 Å². The molecule has 0 aromatic heterocycles. The SMILES string of the molecule is COCCCOCCNCC(C)(C)CCl. The first-order chi connectivity index (χ1) is 7.12. The van der Waals surface area contributed by atoms with E-state index in [1.165, 1.54) is 0 Å². The van der Waals surface area contributed by atoms with Crippen molar-refractivity contribution in [2.24, 2.45) is 5.41 Å². The normalized spacial score (nSPS) is 12.0. The second-order valence-electron chi connectivity index (χ2n) is 4.43. The van der Waals surface area contributed by atoms with Gasteiger partial charge in [-0.15, -0.1) is 11.6 Å². The van der Waals surface area contributed by atoms with Crippen LogP contribution in [0.2, 0.25) is 0 Å². The summed E-state index contributed by atoms with van der Waals surface area (Å²) in [5, 5.41) is 3.33. The van der Waals surface area contributed by atoms with Crippen molar-refractivity contribution in [3.63, 3.8) is 0 Å². The smallest absolute Gasteiger partial charge is 0.0590 e. The highest BCUT2D eigenvalue weighted by Gasteiger charge is 2.14. The van der Waals surface area contributed by atoms with Crippen LogP contribution in [-0.2, 0) is 9.47 Å². The molecule has 0 aliphatic heterocycles. The lowest BCUT2D eigenvalue weighted by atomic mass is 9.97. The van der Waals surface area contributed by atoms with Crippen LogP contribution in [0.3, 0.4) is 0 Å². The van der Waals surface area contributed by atoms with Crippen LogP contribution in [0.1, 0.15) is 20.3 Å². The molecule has 0 atom stereocenters. The fourth-order valence-electron chi connectivity index (χ4n) is 1.03. The molecule has 0 spiro atoms. The Bertz CT molecular complexity index is 143. The molecule has 0 aliphatic rings. The number of rotatable bonds is 10. The Morgan fingerprint density at radius 1 is 1.20 bits per heavy atom. The zero-order valence-corrected chi connectivity index (χ0v) is 10.9. The molecule has 92 valence electrons. The first-order valence-electron chi connectivity index (χ1n) is 5.46. The molecule has 0 bridgehead atoms.